The molecule has 4 nitrogen and oxygen atoms in total. The van der Waals surface area contributed by atoms with Crippen molar-refractivity contribution in [2.75, 3.05) is 6.54 Å². The third-order valence-corrected chi connectivity index (χ3v) is 3.50. The highest BCUT2D eigenvalue weighted by Gasteiger charge is 2.22. The third-order valence-electron chi connectivity index (χ3n) is 3.50. The summed E-state index contributed by atoms with van der Waals surface area (Å²) < 4.78 is 11.2. The second-order valence-electron chi connectivity index (χ2n) is 5.52. The van der Waals surface area contributed by atoms with Gasteiger partial charge in [0.1, 0.15) is 18.1 Å². The fraction of sp³-hybridized carbons (Fsp3) is 0.353. The van der Waals surface area contributed by atoms with Crippen LogP contribution in [0.3, 0.4) is 0 Å². The number of furan rings is 1. The van der Waals surface area contributed by atoms with Gasteiger partial charge >= 0.3 is 0 Å². The van der Waals surface area contributed by atoms with Gasteiger partial charge in [-0.05, 0) is 55.5 Å². The molecule has 0 radical (unpaired) electrons. The molecule has 1 aliphatic carbocycles. The second-order valence-corrected chi connectivity index (χ2v) is 5.52. The molecule has 0 spiro atoms. The van der Waals surface area contributed by atoms with Crippen LogP contribution in [0.5, 0.6) is 5.75 Å². The number of benzene rings is 1. The van der Waals surface area contributed by atoms with E-state index in [1.807, 2.05) is 31.2 Å². The molecule has 2 aromatic rings. The Hall–Kier alpha value is -2.23. The fourth-order valence-corrected chi connectivity index (χ4v) is 2.08. The van der Waals surface area contributed by atoms with Gasteiger partial charge in [-0.3, -0.25) is 4.79 Å². The summed E-state index contributed by atoms with van der Waals surface area (Å²) in [6, 6.07) is 11.3. The summed E-state index contributed by atoms with van der Waals surface area (Å²) in [4.78, 5) is 11.9. The van der Waals surface area contributed by atoms with Gasteiger partial charge in [-0.15, -0.1) is 0 Å². The number of hydrogen-bond acceptors (Lipinski definition) is 3. The van der Waals surface area contributed by atoms with Crippen LogP contribution < -0.4 is 10.1 Å². The maximum absolute atomic E-state index is 11.9. The van der Waals surface area contributed by atoms with Crippen molar-refractivity contribution in [2.45, 2.75) is 26.4 Å². The maximum atomic E-state index is 11.9. The molecule has 4 heteroatoms. The zero-order chi connectivity index (χ0) is 14.7. The lowest BCUT2D eigenvalue weighted by Gasteiger charge is -2.05. The van der Waals surface area contributed by atoms with E-state index in [-0.39, 0.29) is 5.91 Å². The summed E-state index contributed by atoms with van der Waals surface area (Å²) in [5, 5.41) is 2.88. The van der Waals surface area contributed by atoms with Crippen molar-refractivity contribution in [3.8, 4) is 5.75 Å². The summed E-state index contributed by atoms with van der Waals surface area (Å²) in [7, 11) is 0. The van der Waals surface area contributed by atoms with Crippen LogP contribution in [0.1, 0.15) is 34.7 Å². The molecule has 0 unspecified atom stereocenters. The van der Waals surface area contributed by atoms with Gasteiger partial charge in [0.25, 0.3) is 5.91 Å². The lowest BCUT2D eigenvalue weighted by Crippen LogP contribution is -2.24. The highest BCUT2D eigenvalue weighted by Crippen LogP contribution is 2.27. The first-order valence-electron chi connectivity index (χ1n) is 7.27. The van der Waals surface area contributed by atoms with E-state index in [4.69, 9.17) is 9.15 Å². The number of carbonyl (C=O) groups excluding carboxylic acids is 1. The highest BCUT2D eigenvalue weighted by atomic mass is 16.5. The minimum absolute atomic E-state index is 0.149. The SMILES string of the molecule is Cc1cccc(OCc2ccc(C(=O)NCC3CC3)o2)c1. The smallest absolute Gasteiger partial charge is 0.287 e. The van der Waals surface area contributed by atoms with E-state index in [9.17, 15) is 4.79 Å². The van der Waals surface area contributed by atoms with Gasteiger partial charge in [0.15, 0.2) is 5.76 Å². The van der Waals surface area contributed by atoms with Crippen molar-refractivity contribution in [1.29, 1.82) is 0 Å². The van der Waals surface area contributed by atoms with Gasteiger partial charge in [-0.1, -0.05) is 12.1 Å². The van der Waals surface area contributed by atoms with E-state index >= 15 is 0 Å². The maximum Gasteiger partial charge on any atom is 0.287 e. The van der Waals surface area contributed by atoms with Crippen molar-refractivity contribution in [1.82, 2.24) is 5.32 Å². The highest BCUT2D eigenvalue weighted by molar-refractivity contribution is 5.91. The number of rotatable bonds is 6. The molecule has 1 aliphatic rings. The Kier molecular flexibility index (Phi) is 3.95. The lowest BCUT2D eigenvalue weighted by molar-refractivity contribution is 0.0920. The number of hydrogen-bond donors (Lipinski definition) is 1. The Morgan fingerprint density at radius 2 is 2.19 bits per heavy atom. The molecular weight excluding hydrogens is 266 g/mol. The molecule has 1 saturated carbocycles. The van der Waals surface area contributed by atoms with Crippen LogP contribution in [-0.4, -0.2) is 12.5 Å². The Morgan fingerprint density at radius 3 is 2.95 bits per heavy atom. The average Bonchev–Trinajstić information content (AvgIpc) is 3.19. The quantitative estimate of drug-likeness (QED) is 0.886. The third kappa shape index (κ3) is 3.88. The van der Waals surface area contributed by atoms with Crippen LogP contribution in [0.2, 0.25) is 0 Å². The van der Waals surface area contributed by atoms with Crippen molar-refractivity contribution >= 4 is 5.91 Å². The van der Waals surface area contributed by atoms with Crippen LogP contribution in [0.25, 0.3) is 0 Å². The number of aryl methyl sites for hydroxylation is 1. The van der Waals surface area contributed by atoms with Crippen LogP contribution in [-0.2, 0) is 6.61 Å². The first kappa shape index (κ1) is 13.7. The van der Waals surface area contributed by atoms with Gasteiger partial charge in [0.2, 0.25) is 0 Å². The van der Waals surface area contributed by atoms with E-state index < -0.39 is 0 Å². The van der Waals surface area contributed by atoms with Crippen LogP contribution in [0, 0.1) is 12.8 Å². The second kappa shape index (κ2) is 6.04. The lowest BCUT2D eigenvalue weighted by atomic mass is 10.2. The minimum atomic E-state index is -0.149. The van der Waals surface area contributed by atoms with Crippen molar-refractivity contribution in [3.05, 3.63) is 53.5 Å². The summed E-state index contributed by atoms with van der Waals surface area (Å²) in [5.74, 6) is 2.30. The predicted molar refractivity (Wildman–Crippen MR) is 79.3 cm³/mol. The average molecular weight is 285 g/mol. The molecule has 1 aromatic heterocycles. The molecule has 1 heterocycles. The molecule has 0 bridgehead atoms. The van der Waals surface area contributed by atoms with Gasteiger partial charge in [-0.2, -0.15) is 0 Å². The fourth-order valence-electron chi connectivity index (χ4n) is 2.08. The molecule has 1 fully saturated rings. The first-order valence-corrected chi connectivity index (χ1v) is 7.27. The Labute approximate surface area is 124 Å². The van der Waals surface area contributed by atoms with E-state index in [0.717, 1.165) is 17.9 Å². The molecular formula is C17H19NO3. The van der Waals surface area contributed by atoms with Crippen LogP contribution >= 0.6 is 0 Å². The zero-order valence-electron chi connectivity index (χ0n) is 12.1. The Balaban J connectivity index is 1.53. The molecule has 21 heavy (non-hydrogen) atoms. The molecule has 110 valence electrons. The van der Waals surface area contributed by atoms with Gasteiger partial charge in [-0.25, -0.2) is 0 Å². The molecule has 1 amide bonds. The largest absolute Gasteiger partial charge is 0.486 e. The molecule has 1 N–H and O–H groups in total. The van der Waals surface area contributed by atoms with Gasteiger partial charge in [0.05, 0.1) is 0 Å². The minimum Gasteiger partial charge on any atom is -0.486 e. The topological polar surface area (TPSA) is 51.5 Å². The summed E-state index contributed by atoms with van der Waals surface area (Å²) in [5.41, 5.74) is 1.15. The Bertz CT molecular complexity index is 628. The zero-order valence-corrected chi connectivity index (χ0v) is 12.1. The molecule has 0 saturated heterocycles. The van der Waals surface area contributed by atoms with Crippen LogP contribution in [0.15, 0.2) is 40.8 Å². The van der Waals surface area contributed by atoms with E-state index in [0.29, 0.717) is 24.0 Å². The van der Waals surface area contributed by atoms with E-state index in [2.05, 4.69) is 5.32 Å². The summed E-state index contributed by atoms with van der Waals surface area (Å²) in [6.07, 6.45) is 2.43. The summed E-state index contributed by atoms with van der Waals surface area (Å²) >= 11 is 0. The van der Waals surface area contributed by atoms with Crippen molar-refractivity contribution in [2.24, 2.45) is 5.92 Å². The first-order chi connectivity index (χ1) is 10.2. The van der Waals surface area contributed by atoms with Crippen molar-refractivity contribution in [3.63, 3.8) is 0 Å². The van der Waals surface area contributed by atoms with E-state index in [1.54, 1.807) is 12.1 Å². The monoisotopic (exact) mass is 285 g/mol. The van der Waals surface area contributed by atoms with Gasteiger partial charge < -0.3 is 14.5 Å². The normalized spacial score (nSPS) is 14.0. The molecule has 3 rings (SSSR count). The number of ether oxygens (including phenoxy) is 1. The number of carbonyl (C=O) groups is 1. The van der Waals surface area contributed by atoms with Crippen LogP contribution in [0.4, 0.5) is 0 Å². The number of nitrogens with one attached hydrogen (secondary N) is 1. The molecule has 0 atom stereocenters. The predicted octanol–water partition coefficient (Wildman–Crippen LogP) is 3.31. The molecule has 1 aromatic carbocycles. The van der Waals surface area contributed by atoms with E-state index in [1.165, 1.54) is 12.8 Å². The standard InChI is InChI=1S/C17H19NO3/c1-12-3-2-4-14(9-12)20-11-15-7-8-16(21-15)17(19)18-10-13-5-6-13/h2-4,7-9,13H,5-6,10-11H2,1H3,(H,18,19). The summed E-state index contributed by atoms with van der Waals surface area (Å²) in [6.45, 7) is 3.08. The Morgan fingerprint density at radius 1 is 1.33 bits per heavy atom. The molecule has 0 aliphatic heterocycles. The van der Waals surface area contributed by atoms with Crippen molar-refractivity contribution < 1.29 is 13.9 Å². The number of amides is 1. The van der Waals surface area contributed by atoms with Gasteiger partial charge in [0, 0.05) is 6.54 Å².